The van der Waals surface area contributed by atoms with E-state index in [1.807, 2.05) is 0 Å². The number of phenols is 1. The largest absolute Gasteiger partial charge is 0.510 e. The van der Waals surface area contributed by atoms with Gasteiger partial charge in [0.1, 0.15) is 22.8 Å². The second-order valence-electron chi connectivity index (χ2n) is 10.5. The molecule has 0 saturated carbocycles. The maximum absolute atomic E-state index is 14.0. The van der Waals surface area contributed by atoms with E-state index < -0.39 is 40.4 Å². The van der Waals surface area contributed by atoms with Crippen LogP contribution in [0.2, 0.25) is 0 Å². The Morgan fingerprint density at radius 1 is 1.17 bits per heavy atom. The first-order valence-electron chi connectivity index (χ1n) is 12.4. The number of ketones is 2. The fourth-order valence-electron chi connectivity index (χ4n) is 7.16. The van der Waals surface area contributed by atoms with Crippen LogP contribution in [0.1, 0.15) is 41.6 Å². The molecule has 7 N–H and O–H groups in total. The first-order chi connectivity index (χ1) is 17.2. The molecule has 2 saturated heterocycles. The van der Waals surface area contributed by atoms with Crippen LogP contribution in [0.3, 0.4) is 0 Å². The number of hydrogen-bond donors (Lipinski definition) is 5. The summed E-state index contributed by atoms with van der Waals surface area (Å²) in [6, 6.07) is 2.24. The van der Waals surface area contributed by atoms with Crippen molar-refractivity contribution in [2.45, 2.75) is 44.2 Å². The number of aromatic hydroxyl groups is 1. The zero-order chi connectivity index (χ0) is 25.5. The highest BCUT2D eigenvalue weighted by molar-refractivity contribution is 6.22. The van der Waals surface area contributed by atoms with Crippen LogP contribution in [-0.4, -0.2) is 64.6 Å². The topological polar surface area (TPSA) is 176 Å². The van der Waals surface area contributed by atoms with Crippen LogP contribution in [0, 0.1) is 17.3 Å². The summed E-state index contributed by atoms with van der Waals surface area (Å²) >= 11 is 0. The number of piperidine rings is 1. The summed E-state index contributed by atoms with van der Waals surface area (Å²) in [5.74, 6) is -3.41. The number of aliphatic hydroxyl groups is 2. The van der Waals surface area contributed by atoms with E-state index in [1.54, 1.807) is 6.07 Å². The molecule has 0 bridgehead atoms. The Balaban J connectivity index is 1.53. The fraction of sp³-hybridized carbons (Fsp3) is 0.500. The average Bonchev–Trinajstić information content (AvgIpc) is 3.28. The van der Waals surface area contributed by atoms with E-state index in [4.69, 9.17) is 16.2 Å². The SMILES string of the molecule is NC(=O)C1=C(O)[C@@]23CCOC2=C2C(=O)c4c(O)ccc(N5CCC(O)CC5)c4C[C@H]2C[C@H]3[C@@H](N)C1=O. The van der Waals surface area contributed by atoms with E-state index in [0.717, 1.165) is 11.3 Å². The van der Waals surface area contributed by atoms with Crippen LogP contribution in [0.25, 0.3) is 0 Å². The monoisotopic (exact) mass is 495 g/mol. The lowest BCUT2D eigenvalue weighted by atomic mass is 9.54. The molecule has 1 aromatic carbocycles. The zero-order valence-electron chi connectivity index (χ0n) is 19.7. The smallest absolute Gasteiger partial charge is 0.255 e. The minimum absolute atomic E-state index is 0.135. The standard InChI is InChI=1S/C26H29N3O7/c27-20-14-10-11-9-13-15(29-6-3-12(30)4-7-29)1-2-16(31)18(13)21(32)17(11)24-26(14,5-8-36-24)23(34)19(22(20)33)25(28)35/h1-2,11-12,14,20,30-31,34H,3-10,27H2,(H2,28,35)/t11-,14-,20+,26-/m0/s1. The van der Waals surface area contributed by atoms with Crippen molar-refractivity contribution in [3.05, 3.63) is 45.9 Å². The van der Waals surface area contributed by atoms with Crippen molar-refractivity contribution in [1.82, 2.24) is 0 Å². The van der Waals surface area contributed by atoms with Crippen molar-refractivity contribution >= 4 is 23.2 Å². The number of Topliss-reactive ketones (excluding diaryl/α,β-unsaturated/α-hetero) is 2. The third-order valence-corrected chi connectivity index (χ3v) is 8.85. The minimum Gasteiger partial charge on any atom is -0.510 e. The van der Waals surface area contributed by atoms with Crippen molar-refractivity contribution < 1.29 is 34.4 Å². The Morgan fingerprint density at radius 3 is 2.58 bits per heavy atom. The number of rotatable bonds is 2. The number of carbonyl (C=O) groups excluding carboxylic acids is 3. The maximum atomic E-state index is 14.0. The minimum atomic E-state index is -1.27. The van der Waals surface area contributed by atoms with Gasteiger partial charge in [0.2, 0.25) is 0 Å². The lowest BCUT2D eigenvalue weighted by Crippen LogP contribution is -2.57. The van der Waals surface area contributed by atoms with Gasteiger partial charge in [-0.25, -0.2) is 0 Å². The Labute approximate surface area is 207 Å². The van der Waals surface area contributed by atoms with Gasteiger partial charge in [-0.3, -0.25) is 14.4 Å². The zero-order valence-corrected chi connectivity index (χ0v) is 19.7. The number of fused-ring (bicyclic) bond motifs is 2. The molecule has 4 atom stereocenters. The van der Waals surface area contributed by atoms with Crippen LogP contribution in [0.15, 0.2) is 34.8 Å². The highest BCUT2D eigenvalue weighted by atomic mass is 16.5. The predicted molar refractivity (Wildman–Crippen MR) is 127 cm³/mol. The van der Waals surface area contributed by atoms with Gasteiger partial charge in [-0.05, 0) is 49.3 Å². The first-order valence-corrected chi connectivity index (χ1v) is 12.4. The Bertz CT molecular complexity index is 1280. The molecule has 6 rings (SSSR count). The van der Waals surface area contributed by atoms with E-state index in [1.165, 1.54) is 6.07 Å². The number of primary amides is 1. The summed E-state index contributed by atoms with van der Waals surface area (Å²) in [5, 5.41) is 32.0. The molecule has 1 amide bonds. The third kappa shape index (κ3) is 2.88. The Hall–Kier alpha value is -3.37. The van der Waals surface area contributed by atoms with Gasteiger partial charge in [-0.1, -0.05) is 0 Å². The van der Waals surface area contributed by atoms with E-state index >= 15 is 0 Å². The summed E-state index contributed by atoms with van der Waals surface area (Å²) in [4.78, 5) is 41.2. The number of nitrogens with two attached hydrogens (primary N) is 2. The molecular formula is C26H29N3O7. The normalized spacial score (nSPS) is 32.1. The van der Waals surface area contributed by atoms with Crippen LogP contribution in [0.5, 0.6) is 5.75 Å². The number of anilines is 1. The molecule has 5 aliphatic rings. The van der Waals surface area contributed by atoms with Gasteiger partial charge in [0.15, 0.2) is 11.6 Å². The van der Waals surface area contributed by atoms with Crippen LogP contribution >= 0.6 is 0 Å². The number of phenolic OH excluding ortho intramolecular Hbond substituents is 1. The van der Waals surface area contributed by atoms with Gasteiger partial charge < -0.3 is 36.4 Å². The van der Waals surface area contributed by atoms with Crippen molar-refractivity contribution in [2.75, 3.05) is 24.6 Å². The molecule has 2 fully saturated rings. The summed E-state index contributed by atoms with van der Waals surface area (Å²) in [7, 11) is 0. The fourth-order valence-corrected chi connectivity index (χ4v) is 7.16. The predicted octanol–water partition coefficient (Wildman–Crippen LogP) is 0.596. The number of amides is 1. The van der Waals surface area contributed by atoms with Gasteiger partial charge in [0.05, 0.1) is 29.7 Å². The van der Waals surface area contributed by atoms with E-state index in [2.05, 4.69) is 4.90 Å². The van der Waals surface area contributed by atoms with Crippen molar-refractivity contribution in [2.24, 2.45) is 28.7 Å². The molecule has 10 heteroatoms. The van der Waals surface area contributed by atoms with Crippen LogP contribution in [-0.2, 0) is 20.7 Å². The highest BCUT2D eigenvalue weighted by Gasteiger charge is 2.64. The lowest BCUT2D eigenvalue weighted by Gasteiger charge is -2.49. The van der Waals surface area contributed by atoms with Gasteiger partial charge in [-0.2, -0.15) is 0 Å². The van der Waals surface area contributed by atoms with Gasteiger partial charge in [-0.15, -0.1) is 0 Å². The molecule has 190 valence electrons. The number of ether oxygens (including phenoxy) is 1. The first kappa shape index (κ1) is 23.1. The molecule has 10 nitrogen and oxygen atoms in total. The molecule has 0 unspecified atom stereocenters. The van der Waals surface area contributed by atoms with Gasteiger partial charge in [0, 0.05) is 36.7 Å². The summed E-state index contributed by atoms with van der Waals surface area (Å²) < 4.78 is 5.98. The van der Waals surface area contributed by atoms with Gasteiger partial charge >= 0.3 is 0 Å². The van der Waals surface area contributed by atoms with Crippen LogP contribution in [0.4, 0.5) is 5.69 Å². The molecule has 0 radical (unpaired) electrons. The molecule has 2 aliphatic heterocycles. The Morgan fingerprint density at radius 2 is 1.89 bits per heavy atom. The molecular weight excluding hydrogens is 466 g/mol. The number of benzene rings is 1. The molecule has 1 spiro atoms. The molecule has 3 aliphatic carbocycles. The molecule has 1 aromatic rings. The lowest BCUT2D eigenvalue weighted by molar-refractivity contribution is -0.125. The van der Waals surface area contributed by atoms with Crippen molar-refractivity contribution in [3.63, 3.8) is 0 Å². The van der Waals surface area contributed by atoms with Gasteiger partial charge in [0.25, 0.3) is 5.91 Å². The van der Waals surface area contributed by atoms with E-state index in [-0.39, 0.29) is 47.9 Å². The van der Waals surface area contributed by atoms with E-state index in [0.29, 0.717) is 44.3 Å². The van der Waals surface area contributed by atoms with Crippen molar-refractivity contribution in [1.29, 1.82) is 0 Å². The van der Waals surface area contributed by atoms with E-state index in [9.17, 15) is 29.7 Å². The highest BCUT2D eigenvalue weighted by Crippen LogP contribution is 2.62. The third-order valence-electron chi connectivity index (χ3n) is 8.85. The second kappa shape index (κ2) is 7.81. The van der Waals surface area contributed by atoms with Crippen molar-refractivity contribution in [3.8, 4) is 5.75 Å². The number of allylic oxidation sites excluding steroid dienone is 1. The maximum Gasteiger partial charge on any atom is 0.255 e. The Kier molecular flexibility index (Phi) is 5.00. The number of hydrogen-bond acceptors (Lipinski definition) is 9. The van der Waals surface area contributed by atoms with Crippen LogP contribution < -0.4 is 16.4 Å². The second-order valence-corrected chi connectivity index (χ2v) is 10.5. The number of aliphatic hydroxyl groups excluding tert-OH is 2. The number of nitrogens with zero attached hydrogens (tertiary/aromatic N) is 1. The quantitative estimate of drug-likeness (QED) is 0.368. The summed E-state index contributed by atoms with van der Waals surface area (Å²) in [6.07, 6.45) is 1.90. The average molecular weight is 496 g/mol. The summed E-state index contributed by atoms with van der Waals surface area (Å²) in [5.41, 5.74) is 12.1. The molecule has 2 heterocycles. The summed E-state index contributed by atoms with van der Waals surface area (Å²) in [6.45, 7) is 1.45. The molecule has 0 aromatic heterocycles. The number of carbonyl (C=O) groups is 3. The molecule has 36 heavy (non-hydrogen) atoms.